The molecule has 1 aliphatic heterocycles. The Morgan fingerprint density at radius 3 is 2.84 bits per heavy atom. The summed E-state index contributed by atoms with van der Waals surface area (Å²) in [6, 6.07) is 0.718. The summed E-state index contributed by atoms with van der Waals surface area (Å²) in [6.45, 7) is 12.0. The Morgan fingerprint density at radius 2 is 2.11 bits per heavy atom. The van der Waals surface area contributed by atoms with Gasteiger partial charge in [0.05, 0.1) is 13.2 Å². The molecule has 0 spiro atoms. The van der Waals surface area contributed by atoms with Gasteiger partial charge in [-0.15, -0.1) is 0 Å². The van der Waals surface area contributed by atoms with Gasteiger partial charge in [-0.25, -0.2) is 0 Å². The largest absolute Gasteiger partial charge is 0.376 e. The Morgan fingerprint density at radius 1 is 1.32 bits per heavy atom. The molecule has 2 rings (SSSR count). The van der Waals surface area contributed by atoms with E-state index in [1.807, 2.05) is 6.92 Å². The highest BCUT2D eigenvalue weighted by Gasteiger charge is 2.27. The van der Waals surface area contributed by atoms with Crippen LogP contribution in [0, 0.1) is 5.92 Å². The first kappa shape index (κ1) is 15.0. The van der Waals surface area contributed by atoms with Crippen molar-refractivity contribution in [1.82, 2.24) is 10.2 Å². The van der Waals surface area contributed by atoms with Crippen molar-refractivity contribution in [3.63, 3.8) is 0 Å². The zero-order valence-corrected chi connectivity index (χ0v) is 12.5. The molecule has 19 heavy (non-hydrogen) atoms. The summed E-state index contributed by atoms with van der Waals surface area (Å²) < 4.78 is 5.62. The molecule has 3 heteroatoms. The normalized spacial score (nSPS) is 26.5. The maximum absolute atomic E-state index is 5.62. The number of ether oxygens (including phenoxy) is 1. The molecule has 0 aromatic carbocycles. The van der Waals surface area contributed by atoms with Crippen LogP contribution in [-0.2, 0) is 4.74 Å². The van der Waals surface area contributed by atoms with Crippen LogP contribution in [0.2, 0.25) is 0 Å². The van der Waals surface area contributed by atoms with Crippen molar-refractivity contribution in [2.75, 3.05) is 39.4 Å². The molecule has 1 heterocycles. The predicted molar refractivity (Wildman–Crippen MR) is 80.4 cm³/mol. The van der Waals surface area contributed by atoms with Crippen LogP contribution in [0.15, 0.2) is 12.2 Å². The summed E-state index contributed by atoms with van der Waals surface area (Å²) in [6.07, 6.45) is 7.17. The topological polar surface area (TPSA) is 24.5 Å². The highest BCUT2D eigenvalue weighted by molar-refractivity contribution is 4.88. The highest BCUT2D eigenvalue weighted by Crippen LogP contribution is 2.27. The van der Waals surface area contributed by atoms with Crippen molar-refractivity contribution < 1.29 is 4.74 Å². The lowest BCUT2D eigenvalue weighted by Crippen LogP contribution is -2.54. The van der Waals surface area contributed by atoms with Crippen LogP contribution in [-0.4, -0.2) is 50.3 Å². The molecule has 2 aliphatic rings. The molecule has 1 aliphatic carbocycles. The third kappa shape index (κ3) is 5.25. The summed E-state index contributed by atoms with van der Waals surface area (Å²) in [5.74, 6) is 0.910. The molecule has 0 amide bonds. The number of nitrogens with one attached hydrogen (secondary N) is 1. The fourth-order valence-electron chi connectivity index (χ4n) is 3.34. The van der Waals surface area contributed by atoms with Gasteiger partial charge in [0.1, 0.15) is 0 Å². The van der Waals surface area contributed by atoms with E-state index >= 15 is 0 Å². The average molecular weight is 266 g/mol. The Kier molecular flexibility index (Phi) is 6.35. The van der Waals surface area contributed by atoms with Crippen LogP contribution in [0.4, 0.5) is 0 Å². The van der Waals surface area contributed by atoms with Gasteiger partial charge in [-0.3, -0.25) is 4.90 Å². The van der Waals surface area contributed by atoms with Crippen molar-refractivity contribution in [2.45, 2.75) is 45.1 Å². The summed E-state index contributed by atoms with van der Waals surface area (Å²) in [4.78, 5) is 2.56. The lowest BCUT2D eigenvalue weighted by molar-refractivity contribution is 0.0908. The molecule has 3 nitrogen and oxygen atoms in total. The van der Waals surface area contributed by atoms with E-state index in [4.69, 9.17) is 4.74 Å². The summed E-state index contributed by atoms with van der Waals surface area (Å²) >= 11 is 0. The zero-order chi connectivity index (χ0) is 13.5. The minimum Gasteiger partial charge on any atom is -0.376 e. The van der Waals surface area contributed by atoms with Crippen molar-refractivity contribution in [3.05, 3.63) is 12.2 Å². The van der Waals surface area contributed by atoms with Gasteiger partial charge in [0, 0.05) is 32.2 Å². The zero-order valence-electron chi connectivity index (χ0n) is 12.5. The molecule has 0 aromatic heterocycles. The fraction of sp³-hybridized carbons (Fsp3) is 0.875. The van der Waals surface area contributed by atoms with Gasteiger partial charge in [-0.05, 0) is 25.7 Å². The minimum atomic E-state index is 0.706. The quantitative estimate of drug-likeness (QED) is 0.590. The summed E-state index contributed by atoms with van der Waals surface area (Å²) in [5.41, 5.74) is 1.11. The first-order valence-electron chi connectivity index (χ1n) is 7.93. The molecule has 1 saturated heterocycles. The SMILES string of the molecule is C=C(C)COCCN1CCNC(C2CCCCC2)C1. The second kappa shape index (κ2) is 8.03. The lowest BCUT2D eigenvalue weighted by atomic mass is 9.83. The van der Waals surface area contributed by atoms with Gasteiger partial charge in [-0.1, -0.05) is 31.4 Å². The van der Waals surface area contributed by atoms with E-state index < -0.39 is 0 Å². The van der Waals surface area contributed by atoms with Crippen molar-refractivity contribution in [2.24, 2.45) is 5.92 Å². The Bertz CT molecular complexity index is 274. The monoisotopic (exact) mass is 266 g/mol. The first-order valence-corrected chi connectivity index (χ1v) is 7.93. The molecule has 0 aromatic rings. The third-order valence-electron chi connectivity index (χ3n) is 4.41. The van der Waals surface area contributed by atoms with Gasteiger partial charge >= 0.3 is 0 Å². The molecule has 1 unspecified atom stereocenters. The Labute approximate surface area is 118 Å². The molecule has 0 bridgehead atoms. The highest BCUT2D eigenvalue weighted by atomic mass is 16.5. The molecule has 1 atom stereocenters. The maximum Gasteiger partial charge on any atom is 0.0672 e. The van der Waals surface area contributed by atoms with Crippen LogP contribution in [0.1, 0.15) is 39.0 Å². The van der Waals surface area contributed by atoms with E-state index in [0.717, 1.165) is 37.2 Å². The van der Waals surface area contributed by atoms with Crippen molar-refractivity contribution in [1.29, 1.82) is 0 Å². The second-order valence-electron chi connectivity index (χ2n) is 6.27. The van der Waals surface area contributed by atoms with E-state index in [2.05, 4.69) is 16.8 Å². The van der Waals surface area contributed by atoms with Gasteiger partial charge in [-0.2, -0.15) is 0 Å². The number of rotatable bonds is 6. The van der Waals surface area contributed by atoms with E-state index in [9.17, 15) is 0 Å². The minimum absolute atomic E-state index is 0.706. The van der Waals surface area contributed by atoms with Crippen molar-refractivity contribution >= 4 is 0 Å². The fourth-order valence-corrected chi connectivity index (χ4v) is 3.34. The van der Waals surface area contributed by atoms with E-state index in [1.54, 1.807) is 0 Å². The van der Waals surface area contributed by atoms with Gasteiger partial charge < -0.3 is 10.1 Å². The molecular formula is C16H30N2O. The first-order chi connectivity index (χ1) is 9.25. The van der Waals surface area contributed by atoms with Crippen molar-refractivity contribution in [3.8, 4) is 0 Å². The summed E-state index contributed by atoms with van der Waals surface area (Å²) in [7, 11) is 0. The second-order valence-corrected chi connectivity index (χ2v) is 6.27. The van der Waals surface area contributed by atoms with Crippen LogP contribution < -0.4 is 5.32 Å². The number of hydrogen-bond donors (Lipinski definition) is 1. The molecule has 1 N–H and O–H groups in total. The standard InChI is InChI=1S/C16H30N2O/c1-14(2)13-19-11-10-18-9-8-17-16(12-18)15-6-4-3-5-7-15/h15-17H,1,3-13H2,2H3. The Hall–Kier alpha value is -0.380. The number of nitrogens with zero attached hydrogens (tertiary/aromatic N) is 1. The van der Waals surface area contributed by atoms with Gasteiger partial charge in [0.25, 0.3) is 0 Å². The van der Waals surface area contributed by atoms with Crippen LogP contribution in [0.25, 0.3) is 0 Å². The predicted octanol–water partition coefficient (Wildman–Crippen LogP) is 2.43. The molecule has 110 valence electrons. The van der Waals surface area contributed by atoms with Crippen LogP contribution >= 0.6 is 0 Å². The number of piperazine rings is 1. The average Bonchev–Trinajstić information content (AvgIpc) is 2.45. The molecule has 0 radical (unpaired) electrons. The summed E-state index contributed by atoms with van der Waals surface area (Å²) in [5, 5.41) is 3.73. The maximum atomic E-state index is 5.62. The Balaban J connectivity index is 1.66. The third-order valence-corrected chi connectivity index (χ3v) is 4.41. The lowest BCUT2D eigenvalue weighted by Gasteiger charge is -2.39. The van der Waals surface area contributed by atoms with Gasteiger partial charge in [0.2, 0.25) is 0 Å². The molecule has 2 fully saturated rings. The molecular weight excluding hydrogens is 236 g/mol. The smallest absolute Gasteiger partial charge is 0.0672 e. The molecule has 1 saturated carbocycles. The van der Waals surface area contributed by atoms with Crippen LogP contribution in [0.5, 0.6) is 0 Å². The van der Waals surface area contributed by atoms with E-state index in [-0.39, 0.29) is 0 Å². The van der Waals surface area contributed by atoms with Crippen LogP contribution in [0.3, 0.4) is 0 Å². The van der Waals surface area contributed by atoms with Gasteiger partial charge in [0.15, 0.2) is 0 Å². The van der Waals surface area contributed by atoms with E-state index in [0.29, 0.717) is 6.61 Å². The van der Waals surface area contributed by atoms with E-state index in [1.165, 1.54) is 45.2 Å². The number of hydrogen-bond acceptors (Lipinski definition) is 3.